The first-order chi connectivity index (χ1) is 6.24. The molecule has 5 heteroatoms. The van der Waals surface area contributed by atoms with E-state index in [1.54, 1.807) is 17.5 Å². The number of aliphatic hydroxyl groups excluding tert-OH is 2. The third kappa shape index (κ3) is 3.14. The number of amides is 1. The molecule has 1 aromatic rings. The van der Waals surface area contributed by atoms with Crippen molar-refractivity contribution in [3.8, 4) is 0 Å². The Morgan fingerprint density at radius 3 is 3.00 bits per heavy atom. The number of thiophene rings is 1. The monoisotopic (exact) mass is 201 g/mol. The van der Waals surface area contributed by atoms with E-state index < -0.39 is 6.10 Å². The lowest BCUT2D eigenvalue weighted by Crippen LogP contribution is -2.33. The van der Waals surface area contributed by atoms with Crippen LogP contribution in [0.4, 0.5) is 0 Å². The first-order valence-electron chi connectivity index (χ1n) is 3.84. The summed E-state index contributed by atoms with van der Waals surface area (Å²) in [7, 11) is 0. The van der Waals surface area contributed by atoms with Crippen molar-refractivity contribution in [3.63, 3.8) is 0 Å². The Labute approximate surface area is 79.8 Å². The first-order valence-corrected chi connectivity index (χ1v) is 4.72. The second kappa shape index (κ2) is 4.96. The smallest absolute Gasteiger partial charge is 0.261 e. The lowest BCUT2D eigenvalue weighted by atomic mass is 10.3. The molecule has 0 bridgehead atoms. The molecule has 13 heavy (non-hydrogen) atoms. The van der Waals surface area contributed by atoms with E-state index >= 15 is 0 Å². The number of aliphatic hydroxyl groups is 2. The summed E-state index contributed by atoms with van der Waals surface area (Å²) in [6.45, 7) is -0.266. The highest BCUT2D eigenvalue weighted by Gasteiger charge is 2.08. The van der Waals surface area contributed by atoms with Gasteiger partial charge in [0, 0.05) is 6.54 Å². The molecule has 1 atom stereocenters. The van der Waals surface area contributed by atoms with Gasteiger partial charge in [0.25, 0.3) is 5.91 Å². The maximum Gasteiger partial charge on any atom is 0.261 e. The molecule has 0 saturated carbocycles. The quantitative estimate of drug-likeness (QED) is 0.633. The zero-order chi connectivity index (χ0) is 9.68. The molecule has 1 amide bonds. The van der Waals surface area contributed by atoms with Gasteiger partial charge in [-0.15, -0.1) is 11.3 Å². The van der Waals surface area contributed by atoms with Gasteiger partial charge in [-0.1, -0.05) is 6.07 Å². The van der Waals surface area contributed by atoms with Gasteiger partial charge in [-0.25, -0.2) is 0 Å². The van der Waals surface area contributed by atoms with Crippen molar-refractivity contribution in [1.82, 2.24) is 5.32 Å². The van der Waals surface area contributed by atoms with Crippen LogP contribution in [0, 0.1) is 0 Å². The third-order valence-corrected chi connectivity index (χ3v) is 2.32. The summed E-state index contributed by atoms with van der Waals surface area (Å²) in [5.41, 5.74) is 0. The summed E-state index contributed by atoms with van der Waals surface area (Å²) >= 11 is 1.33. The highest BCUT2D eigenvalue weighted by Crippen LogP contribution is 2.07. The average molecular weight is 201 g/mol. The van der Waals surface area contributed by atoms with Crippen LogP contribution in [0.3, 0.4) is 0 Å². The van der Waals surface area contributed by atoms with Gasteiger partial charge in [0.15, 0.2) is 0 Å². The minimum absolute atomic E-state index is 0.0766. The molecule has 0 fully saturated rings. The van der Waals surface area contributed by atoms with E-state index in [1.807, 2.05) is 0 Å². The number of nitrogens with one attached hydrogen (secondary N) is 1. The fourth-order valence-corrected chi connectivity index (χ4v) is 1.41. The third-order valence-electron chi connectivity index (χ3n) is 1.45. The lowest BCUT2D eigenvalue weighted by Gasteiger charge is -2.07. The van der Waals surface area contributed by atoms with Crippen molar-refractivity contribution in [1.29, 1.82) is 0 Å². The average Bonchev–Trinajstić information content (AvgIpc) is 2.66. The second-order valence-corrected chi connectivity index (χ2v) is 3.47. The maximum atomic E-state index is 11.2. The standard InChI is InChI=1S/C8H11NO3S/c10-5-6(11)4-9-8(12)7-2-1-3-13-7/h1-3,6,10-11H,4-5H2,(H,9,12)/t6-/m0/s1. The molecule has 72 valence electrons. The molecule has 1 aromatic heterocycles. The van der Waals surface area contributed by atoms with Crippen LogP contribution in [0.25, 0.3) is 0 Å². The molecule has 0 saturated heterocycles. The fourth-order valence-electron chi connectivity index (χ4n) is 0.770. The SMILES string of the molecule is O=C(NC[C@H](O)CO)c1cccs1. The Balaban J connectivity index is 2.35. The van der Waals surface area contributed by atoms with E-state index in [0.717, 1.165) is 0 Å². The van der Waals surface area contributed by atoms with Crippen LogP contribution in [0.5, 0.6) is 0 Å². The Morgan fingerprint density at radius 2 is 2.46 bits per heavy atom. The van der Waals surface area contributed by atoms with Crippen molar-refractivity contribution >= 4 is 17.2 Å². The number of hydrogen-bond donors (Lipinski definition) is 3. The highest BCUT2D eigenvalue weighted by atomic mass is 32.1. The van der Waals surface area contributed by atoms with Crippen molar-refractivity contribution in [3.05, 3.63) is 22.4 Å². The van der Waals surface area contributed by atoms with E-state index in [4.69, 9.17) is 10.2 Å². The van der Waals surface area contributed by atoms with E-state index in [2.05, 4.69) is 5.32 Å². The zero-order valence-electron chi connectivity index (χ0n) is 6.93. The predicted octanol–water partition coefficient (Wildman–Crippen LogP) is -0.169. The van der Waals surface area contributed by atoms with Gasteiger partial charge >= 0.3 is 0 Å². The first kappa shape index (κ1) is 10.2. The van der Waals surface area contributed by atoms with E-state index in [0.29, 0.717) is 4.88 Å². The Kier molecular flexibility index (Phi) is 3.88. The predicted molar refractivity (Wildman–Crippen MR) is 49.7 cm³/mol. The molecule has 4 nitrogen and oxygen atoms in total. The molecule has 0 aliphatic heterocycles. The second-order valence-electron chi connectivity index (χ2n) is 2.52. The zero-order valence-corrected chi connectivity index (χ0v) is 7.75. The molecule has 0 unspecified atom stereocenters. The number of carbonyl (C=O) groups excluding carboxylic acids is 1. The van der Waals surface area contributed by atoms with Crippen LogP contribution in [-0.2, 0) is 0 Å². The Hall–Kier alpha value is -0.910. The van der Waals surface area contributed by atoms with Gasteiger partial charge in [0.05, 0.1) is 17.6 Å². The normalized spacial score (nSPS) is 12.5. The molecule has 0 aromatic carbocycles. The summed E-state index contributed by atoms with van der Waals surface area (Å²) in [6.07, 6.45) is -0.885. The molecule has 1 rings (SSSR count). The topological polar surface area (TPSA) is 69.6 Å². The minimum atomic E-state index is -0.885. The molecule has 0 aliphatic rings. The van der Waals surface area contributed by atoms with Gasteiger partial charge in [-0.2, -0.15) is 0 Å². The van der Waals surface area contributed by atoms with Gasteiger partial charge in [0.2, 0.25) is 0 Å². The summed E-state index contributed by atoms with van der Waals surface area (Å²) in [6, 6.07) is 3.48. The van der Waals surface area contributed by atoms with Crippen LogP contribution in [0.2, 0.25) is 0 Å². The van der Waals surface area contributed by atoms with E-state index in [-0.39, 0.29) is 19.1 Å². The maximum absolute atomic E-state index is 11.2. The van der Waals surface area contributed by atoms with Gasteiger partial charge in [-0.3, -0.25) is 4.79 Å². The molecular weight excluding hydrogens is 190 g/mol. The largest absolute Gasteiger partial charge is 0.394 e. The number of hydrogen-bond acceptors (Lipinski definition) is 4. The van der Waals surface area contributed by atoms with E-state index in [9.17, 15) is 4.79 Å². The summed E-state index contributed by atoms with van der Waals surface area (Å²) in [5, 5.41) is 21.7. The summed E-state index contributed by atoms with van der Waals surface area (Å²) in [4.78, 5) is 11.8. The van der Waals surface area contributed by atoms with Crippen LogP contribution in [0.15, 0.2) is 17.5 Å². The molecule has 0 radical (unpaired) electrons. The number of carbonyl (C=O) groups is 1. The molecule has 0 spiro atoms. The van der Waals surface area contributed by atoms with Crippen LogP contribution in [-0.4, -0.2) is 35.4 Å². The molecular formula is C8H11NO3S. The fraction of sp³-hybridized carbons (Fsp3) is 0.375. The summed E-state index contributed by atoms with van der Waals surface area (Å²) < 4.78 is 0. The minimum Gasteiger partial charge on any atom is -0.394 e. The van der Waals surface area contributed by atoms with Crippen LogP contribution in [0.1, 0.15) is 9.67 Å². The lowest BCUT2D eigenvalue weighted by molar-refractivity contribution is 0.0804. The van der Waals surface area contributed by atoms with E-state index in [1.165, 1.54) is 11.3 Å². The van der Waals surface area contributed by atoms with Crippen molar-refractivity contribution in [2.45, 2.75) is 6.10 Å². The van der Waals surface area contributed by atoms with Crippen molar-refractivity contribution in [2.75, 3.05) is 13.2 Å². The Bertz CT molecular complexity index is 260. The molecule has 0 aliphatic carbocycles. The number of rotatable bonds is 4. The van der Waals surface area contributed by atoms with Gasteiger partial charge < -0.3 is 15.5 Å². The summed E-state index contributed by atoms with van der Waals surface area (Å²) in [5.74, 6) is -0.220. The van der Waals surface area contributed by atoms with Crippen LogP contribution < -0.4 is 5.32 Å². The van der Waals surface area contributed by atoms with Crippen molar-refractivity contribution < 1.29 is 15.0 Å². The molecule has 1 heterocycles. The van der Waals surface area contributed by atoms with Gasteiger partial charge in [0.1, 0.15) is 0 Å². The van der Waals surface area contributed by atoms with Gasteiger partial charge in [-0.05, 0) is 11.4 Å². The molecule has 3 N–H and O–H groups in total. The Morgan fingerprint density at radius 1 is 1.69 bits per heavy atom. The van der Waals surface area contributed by atoms with Crippen molar-refractivity contribution in [2.24, 2.45) is 0 Å². The van der Waals surface area contributed by atoms with Crippen LogP contribution >= 0.6 is 11.3 Å². The highest BCUT2D eigenvalue weighted by molar-refractivity contribution is 7.12.